The normalized spacial score (nSPS) is 17.2. The molecule has 1 aliphatic heterocycles. The van der Waals surface area contributed by atoms with E-state index >= 15 is 0 Å². The molecule has 7 heteroatoms. The number of likely N-dealkylation sites (tertiary alicyclic amines) is 1. The monoisotopic (exact) mass is 389 g/mol. The lowest BCUT2D eigenvalue weighted by Crippen LogP contribution is -2.18. The Kier molecular flexibility index (Phi) is 4.24. The number of nitrogens with zero attached hydrogens (tertiary/aromatic N) is 3. The SMILES string of the molecule is CN1CCC[C@@H]1c1nc2ccc(NC(=O)c3cc4cccnc4cc3F)cc2[nH]1. The Balaban J connectivity index is 1.42. The highest BCUT2D eigenvalue weighted by molar-refractivity contribution is 6.07. The number of carbonyl (C=O) groups excluding carboxylic acids is 1. The molecule has 0 saturated carbocycles. The van der Waals surface area contributed by atoms with E-state index in [1.807, 2.05) is 12.1 Å². The average Bonchev–Trinajstić information content (AvgIpc) is 3.32. The van der Waals surface area contributed by atoms with Gasteiger partial charge in [0.1, 0.15) is 11.6 Å². The predicted molar refractivity (Wildman–Crippen MR) is 110 cm³/mol. The summed E-state index contributed by atoms with van der Waals surface area (Å²) < 4.78 is 14.4. The van der Waals surface area contributed by atoms with Crippen LogP contribution in [0.3, 0.4) is 0 Å². The zero-order valence-electron chi connectivity index (χ0n) is 15.9. The van der Waals surface area contributed by atoms with Crippen LogP contribution in [0.4, 0.5) is 10.1 Å². The maximum Gasteiger partial charge on any atom is 0.258 e. The molecule has 1 amide bonds. The first-order chi connectivity index (χ1) is 14.1. The molecular weight excluding hydrogens is 369 g/mol. The summed E-state index contributed by atoms with van der Waals surface area (Å²) in [6.45, 7) is 1.07. The van der Waals surface area contributed by atoms with Gasteiger partial charge in [0, 0.05) is 23.3 Å². The van der Waals surface area contributed by atoms with Crippen molar-refractivity contribution in [3.63, 3.8) is 0 Å². The zero-order valence-corrected chi connectivity index (χ0v) is 15.9. The van der Waals surface area contributed by atoms with E-state index in [-0.39, 0.29) is 5.56 Å². The second-order valence-electron chi connectivity index (χ2n) is 7.47. The smallest absolute Gasteiger partial charge is 0.258 e. The van der Waals surface area contributed by atoms with Crippen LogP contribution >= 0.6 is 0 Å². The lowest BCUT2D eigenvalue weighted by atomic mass is 10.1. The molecule has 0 spiro atoms. The number of hydrogen-bond acceptors (Lipinski definition) is 4. The summed E-state index contributed by atoms with van der Waals surface area (Å²) in [5, 5.41) is 3.50. The molecule has 4 aromatic rings. The molecule has 3 heterocycles. The molecule has 0 radical (unpaired) electrons. The number of rotatable bonds is 3. The minimum absolute atomic E-state index is 0.0107. The summed E-state index contributed by atoms with van der Waals surface area (Å²) in [6.07, 6.45) is 3.83. The predicted octanol–water partition coefficient (Wildman–Crippen LogP) is 4.27. The molecule has 1 saturated heterocycles. The number of hydrogen-bond donors (Lipinski definition) is 2. The molecule has 2 aromatic carbocycles. The van der Waals surface area contributed by atoms with Gasteiger partial charge in [0.15, 0.2) is 0 Å². The van der Waals surface area contributed by atoms with Gasteiger partial charge in [-0.1, -0.05) is 6.07 Å². The van der Waals surface area contributed by atoms with E-state index in [9.17, 15) is 9.18 Å². The Morgan fingerprint density at radius 1 is 1.24 bits per heavy atom. The molecule has 0 bridgehead atoms. The first-order valence-corrected chi connectivity index (χ1v) is 9.64. The highest BCUT2D eigenvalue weighted by Gasteiger charge is 2.25. The number of aromatic amines is 1. The summed E-state index contributed by atoms with van der Waals surface area (Å²) in [6, 6.07) is 12.1. The Morgan fingerprint density at radius 3 is 2.97 bits per heavy atom. The van der Waals surface area contributed by atoms with Crippen LogP contribution in [0.5, 0.6) is 0 Å². The van der Waals surface area contributed by atoms with E-state index in [2.05, 4.69) is 27.2 Å². The number of H-pyrrole nitrogens is 1. The highest BCUT2D eigenvalue weighted by Crippen LogP contribution is 2.30. The molecule has 2 aromatic heterocycles. The van der Waals surface area contributed by atoms with Crippen LogP contribution in [-0.4, -0.2) is 39.4 Å². The van der Waals surface area contributed by atoms with E-state index in [0.717, 1.165) is 36.2 Å². The lowest BCUT2D eigenvalue weighted by Gasteiger charge is -2.16. The van der Waals surface area contributed by atoms with Crippen molar-refractivity contribution in [1.29, 1.82) is 0 Å². The maximum atomic E-state index is 14.4. The largest absolute Gasteiger partial charge is 0.341 e. The lowest BCUT2D eigenvalue weighted by molar-refractivity contribution is 0.102. The summed E-state index contributed by atoms with van der Waals surface area (Å²) in [4.78, 5) is 27.1. The highest BCUT2D eigenvalue weighted by atomic mass is 19.1. The van der Waals surface area contributed by atoms with Gasteiger partial charge in [0.25, 0.3) is 5.91 Å². The molecule has 146 valence electrons. The molecule has 0 aliphatic carbocycles. The van der Waals surface area contributed by atoms with Crippen LogP contribution in [0.15, 0.2) is 48.7 Å². The standard InChI is InChI=1S/C22H20FN5O/c1-28-9-3-5-20(28)21-26-17-7-6-14(11-19(17)27-21)25-22(29)15-10-13-4-2-8-24-18(13)12-16(15)23/h2,4,6-8,10-12,20H,3,5,9H2,1H3,(H,25,29)(H,26,27)/t20-/m1/s1. The van der Waals surface area contributed by atoms with Gasteiger partial charge < -0.3 is 10.3 Å². The second kappa shape index (κ2) is 6.93. The molecule has 2 N–H and O–H groups in total. The van der Waals surface area contributed by atoms with Gasteiger partial charge in [-0.3, -0.25) is 14.7 Å². The van der Waals surface area contributed by atoms with Gasteiger partial charge in [0.05, 0.1) is 28.2 Å². The quantitative estimate of drug-likeness (QED) is 0.549. The number of amides is 1. The van der Waals surface area contributed by atoms with Gasteiger partial charge in [0.2, 0.25) is 0 Å². The molecule has 1 atom stereocenters. The van der Waals surface area contributed by atoms with Crippen LogP contribution < -0.4 is 5.32 Å². The molecule has 1 aliphatic rings. The van der Waals surface area contributed by atoms with E-state index < -0.39 is 11.7 Å². The van der Waals surface area contributed by atoms with Gasteiger partial charge in [-0.15, -0.1) is 0 Å². The van der Waals surface area contributed by atoms with E-state index in [1.54, 1.807) is 24.4 Å². The van der Waals surface area contributed by atoms with Gasteiger partial charge >= 0.3 is 0 Å². The topological polar surface area (TPSA) is 73.9 Å². The minimum Gasteiger partial charge on any atom is -0.341 e. The molecule has 1 fully saturated rings. The minimum atomic E-state index is -0.595. The third kappa shape index (κ3) is 3.23. The van der Waals surface area contributed by atoms with Gasteiger partial charge in [-0.25, -0.2) is 9.37 Å². The fourth-order valence-electron chi connectivity index (χ4n) is 3.99. The molecule has 0 unspecified atom stereocenters. The Hall–Kier alpha value is -3.32. The van der Waals surface area contributed by atoms with Crippen LogP contribution in [0.2, 0.25) is 0 Å². The number of carbonyl (C=O) groups is 1. The molecule has 29 heavy (non-hydrogen) atoms. The summed E-state index contributed by atoms with van der Waals surface area (Å²) in [7, 11) is 2.10. The first-order valence-electron chi connectivity index (χ1n) is 9.64. The van der Waals surface area contributed by atoms with Crippen molar-refractivity contribution in [1.82, 2.24) is 19.9 Å². The fourth-order valence-corrected chi connectivity index (χ4v) is 3.99. The summed E-state index contributed by atoms with van der Waals surface area (Å²) >= 11 is 0. The number of pyridine rings is 1. The molecule has 6 nitrogen and oxygen atoms in total. The number of imidazole rings is 1. The van der Waals surface area contributed by atoms with Crippen molar-refractivity contribution < 1.29 is 9.18 Å². The number of nitrogens with one attached hydrogen (secondary N) is 2. The number of fused-ring (bicyclic) bond motifs is 2. The van der Waals surface area contributed by atoms with Crippen LogP contribution in [0, 0.1) is 5.82 Å². The van der Waals surface area contributed by atoms with Gasteiger partial charge in [-0.2, -0.15) is 0 Å². The van der Waals surface area contributed by atoms with Crippen LogP contribution in [0.25, 0.3) is 21.9 Å². The number of halogens is 1. The third-order valence-electron chi connectivity index (χ3n) is 5.53. The Morgan fingerprint density at radius 2 is 2.14 bits per heavy atom. The third-order valence-corrected chi connectivity index (χ3v) is 5.53. The van der Waals surface area contributed by atoms with Gasteiger partial charge in [-0.05, 0) is 56.8 Å². The maximum absolute atomic E-state index is 14.4. The fraction of sp³-hybridized carbons (Fsp3) is 0.227. The Bertz CT molecular complexity index is 1230. The van der Waals surface area contributed by atoms with Crippen molar-refractivity contribution in [3.8, 4) is 0 Å². The first kappa shape index (κ1) is 17.8. The van der Waals surface area contributed by atoms with E-state index in [4.69, 9.17) is 4.98 Å². The van der Waals surface area contributed by atoms with Crippen LogP contribution in [-0.2, 0) is 0 Å². The van der Waals surface area contributed by atoms with Crippen LogP contribution in [0.1, 0.15) is 35.1 Å². The summed E-state index contributed by atoms with van der Waals surface area (Å²) in [5.41, 5.74) is 2.79. The number of aromatic nitrogens is 3. The van der Waals surface area contributed by atoms with E-state index in [1.165, 1.54) is 12.1 Å². The van der Waals surface area contributed by atoms with Crippen molar-refractivity contribution in [3.05, 3.63) is 65.9 Å². The molecular formula is C22H20FN5O. The average molecular weight is 389 g/mol. The second-order valence-corrected chi connectivity index (χ2v) is 7.47. The summed E-state index contributed by atoms with van der Waals surface area (Å²) in [5.74, 6) is -0.151. The van der Waals surface area contributed by atoms with Crippen molar-refractivity contribution in [2.75, 3.05) is 18.9 Å². The van der Waals surface area contributed by atoms with E-state index in [0.29, 0.717) is 22.6 Å². The Labute approximate surface area is 166 Å². The van der Waals surface area contributed by atoms with Crippen molar-refractivity contribution in [2.45, 2.75) is 18.9 Å². The van der Waals surface area contributed by atoms with Crippen molar-refractivity contribution in [2.24, 2.45) is 0 Å². The molecule has 5 rings (SSSR count). The zero-order chi connectivity index (χ0) is 20.0. The number of anilines is 1. The van der Waals surface area contributed by atoms with Crippen molar-refractivity contribution >= 4 is 33.5 Å². The number of benzene rings is 2.